The third-order valence-electron chi connectivity index (χ3n) is 3.22. The monoisotopic (exact) mass is 345 g/mol. The fourth-order valence-corrected chi connectivity index (χ4v) is 2.03. The summed E-state index contributed by atoms with van der Waals surface area (Å²) in [5.41, 5.74) is 4.13. The van der Waals surface area contributed by atoms with Crippen molar-refractivity contribution in [1.82, 2.24) is 16.2 Å². The maximum absolute atomic E-state index is 11.7. The minimum atomic E-state index is -0.977. The molecule has 0 atom stereocenters. The molecule has 0 aliphatic heterocycles. The van der Waals surface area contributed by atoms with E-state index in [0.29, 0.717) is 5.75 Å². The van der Waals surface area contributed by atoms with Crippen LogP contribution in [0, 0.1) is 0 Å². The fourth-order valence-electron chi connectivity index (χ4n) is 2.03. The molecule has 0 unspecified atom stereocenters. The van der Waals surface area contributed by atoms with E-state index >= 15 is 0 Å². The molecule has 0 aromatic heterocycles. The summed E-state index contributed by atoms with van der Waals surface area (Å²) >= 11 is 0. The standard InChI is InChI=1S/C17H19N3O5/c1-24-10-9-18-16(22)17(23)20-19-15(21)11-25-14-8-4-6-12-5-2-3-7-13(12)14/h2-8H,9-11H2,1H3,(H,18,22)(H,19,21)(H,20,23). The molecule has 3 amide bonds. The molecule has 0 aliphatic rings. The summed E-state index contributed by atoms with van der Waals surface area (Å²) in [5.74, 6) is -1.88. The van der Waals surface area contributed by atoms with Crippen molar-refractivity contribution in [3.63, 3.8) is 0 Å². The summed E-state index contributed by atoms with van der Waals surface area (Å²) < 4.78 is 10.2. The molecule has 2 aromatic rings. The molecule has 0 saturated carbocycles. The van der Waals surface area contributed by atoms with Gasteiger partial charge in [0.1, 0.15) is 5.75 Å². The molecule has 0 heterocycles. The molecule has 2 aromatic carbocycles. The number of carbonyl (C=O) groups is 3. The Morgan fingerprint density at radius 3 is 2.52 bits per heavy atom. The predicted octanol–water partition coefficient (Wildman–Crippen LogP) is 0.129. The quantitative estimate of drug-likeness (QED) is 0.392. The number of hydrazine groups is 1. The average Bonchev–Trinajstić information content (AvgIpc) is 2.64. The van der Waals surface area contributed by atoms with Gasteiger partial charge in [-0.2, -0.15) is 0 Å². The molecule has 0 saturated heterocycles. The van der Waals surface area contributed by atoms with Gasteiger partial charge in [-0.15, -0.1) is 0 Å². The molecule has 0 spiro atoms. The lowest BCUT2D eigenvalue weighted by atomic mass is 10.1. The van der Waals surface area contributed by atoms with Gasteiger partial charge in [-0.3, -0.25) is 25.2 Å². The fraction of sp³-hybridized carbons (Fsp3) is 0.235. The van der Waals surface area contributed by atoms with E-state index in [1.807, 2.05) is 41.8 Å². The van der Waals surface area contributed by atoms with Crippen LogP contribution < -0.4 is 20.9 Å². The number of hydrogen-bond acceptors (Lipinski definition) is 5. The zero-order valence-electron chi connectivity index (χ0n) is 13.7. The lowest BCUT2D eigenvalue weighted by Gasteiger charge is -2.10. The average molecular weight is 345 g/mol. The summed E-state index contributed by atoms with van der Waals surface area (Å²) in [6.07, 6.45) is 0. The second-order valence-corrected chi connectivity index (χ2v) is 5.02. The van der Waals surface area contributed by atoms with Crippen LogP contribution in [0.4, 0.5) is 0 Å². The van der Waals surface area contributed by atoms with Gasteiger partial charge in [-0.05, 0) is 11.5 Å². The molecular weight excluding hydrogens is 326 g/mol. The number of nitrogens with one attached hydrogen (secondary N) is 3. The van der Waals surface area contributed by atoms with E-state index in [0.717, 1.165) is 10.8 Å². The Balaban J connectivity index is 1.79. The van der Waals surface area contributed by atoms with E-state index in [1.54, 1.807) is 6.07 Å². The van der Waals surface area contributed by atoms with Gasteiger partial charge in [0, 0.05) is 19.0 Å². The van der Waals surface area contributed by atoms with Crippen LogP contribution in [0.25, 0.3) is 10.8 Å². The molecule has 0 aliphatic carbocycles. The first kappa shape index (κ1) is 18.2. The van der Waals surface area contributed by atoms with Crippen molar-refractivity contribution in [3.8, 4) is 5.75 Å². The number of ether oxygens (including phenoxy) is 2. The zero-order valence-corrected chi connectivity index (χ0v) is 13.7. The Kier molecular flexibility index (Phi) is 6.73. The molecule has 0 radical (unpaired) electrons. The molecule has 3 N–H and O–H groups in total. The smallest absolute Gasteiger partial charge is 0.327 e. The Bertz CT molecular complexity index is 758. The summed E-state index contributed by atoms with van der Waals surface area (Å²) in [7, 11) is 1.47. The first-order valence-electron chi connectivity index (χ1n) is 7.58. The second-order valence-electron chi connectivity index (χ2n) is 5.02. The van der Waals surface area contributed by atoms with Gasteiger partial charge in [0.25, 0.3) is 5.91 Å². The van der Waals surface area contributed by atoms with Crippen molar-refractivity contribution < 1.29 is 23.9 Å². The molecular formula is C17H19N3O5. The van der Waals surface area contributed by atoms with Crippen LogP contribution in [0.5, 0.6) is 5.75 Å². The second kappa shape index (κ2) is 9.24. The Morgan fingerprint density at radius 1 is 0.960 bits per heavy atom. The maximum Gasteiger partial charge on any atom is 0.327 e. The van der Waals surface area contributed by atoms with E-state index in [4.69, 9.17) is 9.47 Å². The number of amides is 3. The SMILES string of the molecule is COCCNC(=O)C(=O)NNC(=O)COc1cccc2ccccc12. The lowest BCUT2D eigenvalue weighted by molar-refractivity contribution is -0.141. The van der Waals surface area contributed by atoms with Crippen molar-refractivity contribution in [3.05, 3.63) is 42.5 Å². The zero-order chi connectivity index (χ0) is 18.1. The van der Waals surface area contributed by atoms with E-state index in [-0.39, 0.29) is 19.8 Å². The first-order chi connectivity index (χ1) is 12.1. The lowest BCUT2D eigenvalue weighted by Crippen LogP contribution is -2.50. The minimum Gasteiger partial charge on any atom is -0.483 e. The van der Waals surface area contributed by atoms with Crippen LogP contribution in [0.1, 0.15) is 0 Å². The molecule has 132 valence electrons. The Hall–Kier alpha value is -3.13. The number of carbonyl (C=O) groups excluding carboxylic acids is 3. The number of methoxy groups -OCH3 is 1. The molecule has 0 fully saturated rings. The van der Waals surface area contributed by atoms with E-state index in [2.05, 4.69) is 10.7 Å². The minimum absolute atomic E-state index is 0.195. The third kappa shape index (κ3) is 5.47. The molecule has 8 heteroatoms. The molecule has 2 rings (SSSR count). The van der Waals surface area contributed by atoms with Crippen LogP contribution in [-0.2, 0) is 19.1 Å². The third-order valence-corrected chi connectivity index (χ3v) is 3.22. The first-order valence-corrected chi connectivity index (χ1v) is 7.58. The van der Waals surface area contributed by atoms with E-state index < -0.39 is 17.7 Å². The number of benzene rings is 2. The van der Waals surface area contributed by atoms with Gasteiger partial charge < -0.3 is 14.8 Å². The number of fused-ring (bicyclic) bond motifs is 1. The van der Waals surface area contributed by atoms with Crippen molar-refractivity contribution >= 4 is 28.5 Å². The highest BCUT2D eigenvalue weighted by Crippen LogP contribution is 2.24. The van der Waals surface area contributed by atoms with Crippen LogP contribution >= 0.6 is 0 Å². The van der Waals surface area contributed by atoms with Gasteiger partial charge in [0.2, 0.25) is 0 Å². The van der Waals surface area contributed by atoms with Crippen molar-refractivity contribution in [1.29, 1.82) is 0 Å². The largest absolute Gasteiger partial charge is 0.483 e. The summed E-state index contributed by atoms with van der Waals surface area (Å²) in [5, 5.41) is 4.19. The molecule has 25 heavy (non-hydrogen) atoms. The van der Waals surface area contributed by atoms with Crippen LogP contribution in [-0.4, -0.2) is 44.6 Å². The number of rotatable bonds is 6. The summed E-state index contributed by atoms with van der Waals surface area (Å²) in [6, 6.07) is 13.1. The maximum atomic E-state index is 11.7. The highest BCUT2D eigenvalue weighted by molar-refractivity contribution is 6.35. The number of hydrogen-bond donors (Lipinski definition) is 3. The van der Waals surface area contributed by atoms with E-state index in [1.165, 1.54) is 7.11 Å². The van der Waals surface area contributed by atoms with Crippen molar-refractivity contribution in [2.24, 2.45) is 0 Å². The molecule has 0 bridgehead atoms. The highest BCUT2D eigenvalue weighted by atomic mass is 16.5. The van der Waals surface area contributed by atoms with Crippen LogP contribution in [0.3, 0.4) is 0 Å². The van der Waals surface area contributed by atoms with Gasteiger partial charge in [-0.25, -0.2) is 0 Å². The van der Waals surface area contributed by atoms with Crippen molar-refractivity contribution in [2.45, 2.75) is 0 Å². The Labute approximate surface area is 144 Å². The van der Waals surface area contributed by atoms with Gasteiger partial charge in [0.05, 0.1) is 6.61 Å². The van der Waals surface area contributed by atoms with Gasteiger partial charge >= 0.3 is 11.8 Å². The Morgan fingerprint density at radius 2 is 1.72 bits per heavy atom. The summed E-state index contributed by atoms with van der Waals surface area (Å²) in [6.45, 7) is 0.171. The highest BCUT2D eigenvalue weighted by Gasteiger charge is 2.14. The van der Waals surface area contributed by atoms with Crippen molar-refractivity contribution in [2.75, 3.05) is 26.9 Å². The van der Waals surface area contributed by atoms with Crippen LogP contribution in [0.15, 0.2) is 42.5 Å². The molecule has 8 nitrogen and oxygen atoms in total. The predicted molar refractivity (Wildman–Crippen MR) is 90.6 cm³/mol. The summed E-state index contributed by atoms with van der Waals surface area (Å²) in [4.78, 5) is 34.6. The topological polar surface area (TPSA) is 106 Å². The van der Waals surface area contributed by atoms with E-state index in [9.17, 15) is 14.4 Å². The van der Waals surface area contributed by atoms with Gasteiger partial charge in [-0.1, -0.05) is 36.4 Å². The van der Waals surface area contributed by atoms with Gasteiger partial charge in [0.15, 0.2) is 6.61 Å². The van der Waals surface area contributed by atoms with Crippen LogP contribution in [0.2, 0.25) is 0 Å². The normalized spacial score (nSPS) is 10.1.